The second-order valence-electron chi connectivity index (χ2n) is 4.40. The van der Waals surface area contributed by atoms with Crippen molar-refractivity contribution < 1.29 is 14.3 Å². The minimum atomic E-state index is -1.05. The maximum atomic E-state index is 12.8. The van der Waals surface area contributed by atoms with E-state index in [1.54, 1.807) is 13.8 Å². The van der Waals surface area contributed by atoms with Crippen molar-refractivity contribution >= 4 is 22.0 Å². The summed E-state index contributed by atoms with van der Waals surface area (Å²) in [6.45, 7) is 3.58. The summed E-state index contributed by atoms with van der Waals surface area (Å²) in [5.74, 6) is -0.399. The lowest BCUT2D eigenvalue weighted by Crippen LogP contribution is -2.42. The third-order valence-corrected chi connectivity index (χ3v) is 3.00. The van der Waals surface area contributed by atoms with E-state index in [0.717, 1.165) is 6.20 Å². The molecule has 1 heterocycles. The van der Waals surface area contributed by atoms with Crippen LogP contribution in [-0.4, -0.2) is 21.7 Å². The van der Waals surface area contributed by atoms with Crippen molar-refractivity contribution in [1.82, 2.24) is 10.3 Å². The van der Waals surface area contributed by atoms with Gasteiger partial charge in [0, 0.05) is 10.0 Å². The van der Waals surface area contributed by atoms with Crippen molar-refractivity contribution in [3.05, 3.63) is 28.2 Å². The molecule has 1 rings (SSSR count). The molecule has 1 amide bonds. The fourth-order valence-electron chi connectivity index (χ4n) is 1.41. The van der Waals surface area contributed by atoms with Gasteiger partial charge in [-0.25, -0.2) is 9.18 Å². The molecule has 4 nitrogen and oxygen atoms in total. The molecule has 0 saturated heterocycles. The van der Waals surface area contributed by atoms with Gasteiger partial charge in [-0.05, 0) is 48.7 Å². The van der Waals surface area contributed by atoms with Gasteiger partial charge in [0.15, 0.2) is 0 Å². The molecule has 0 atom stereocenters. The van der Waals surface area contributed by atoms with Crippen molar-refractivity contribution in [3.8, 4) is 0 Å². The average molecular weight is 305 g/mol. The molecule has 0 aliphatic heterocycles. The van der Waals surface area contributed by atoms with E-state index in [1.807, 2.05) is 0 Å². The zero-order valence-electron chi connectivity index (χ0n) is 9.63. The van der Waals surface area contributed by atoms with Crippen molar-refractivity contribution in [2.75, 3.05) is 0 Å². The summed E-state index contributed by atoms with van der Waals surface area (Å²) in [6.07, 6.45) is 1.24. The van der Waals surface area contributed by atoms with Crippen LogP contribution in [0.25, 0.3) is 0 Å². The van der Waals surface area contributed by atoms with E-state index in [-0.39, 0.29) is 0 Å². The fraction of sp³-hybridized carbons (Fsp3) is 0.455. The first-order valence-electron chi connectivity index (χ1n) is 5.11. The number of amides is 1. The van der Waals surface area contributed by atoms with Crippen LogP contribution in [0.4, 0.5) is 9.18 Å². The molecule has 17 heavy (non-hydrogen) atoms. The molecule has 0 radical (unpaired) electrons. The molecule has 0 saturated carbocycles. The average Bonchev–Trinajstić information content (AvgIpc) is 2.14. The van der Waals surface area contributed by atoms with Crippen LogP contribution in [0.15, 0.2) is 16.7 Å². The summed E-state index contributed by atoms with van der Waals surface area (Å²) in [5, 5.41) is 11.1. The summed E-state index contributed by atoms with van der Waals surface area (Å²) in [6, 6.07) is 1.35. The number of pyridine rings is 1. The standard InChI is InChI=1S/C11H14BrFN2O2/c1-11(2,15-10(16)17)4-3-9-8(12)5-7(13)6-14-9/h5-6,15H,3-4H2,1-2H3,(H,16,17). The number of rotatable bonds is 4. The third-order valence-electron chi connectivity index (χ3n) is 2.32. The van der Waals surface area contributed by atoms with Gasteiger partial charge in [-0.3, -0.25) is 4.98 Å². The molecular weight excluding hydrogens is 291 g/mol. The zero-order chi connectivity index (χ0) is 13.1. The topological polar surface area (TPSA) is 62.2 Å². The first-order valence-corrected chi connectivity index (χ1v) is 5.90. The molecule has 0 aliphatic carbocycles. The minimum absolute atomic E-state index is 0.399. The summed E-state index contributed by atoms with van der Waals surface area (Å²) in [5.41, 5.74) is 0.174. The molecule has 0 fully saturated rings. The number of aryl methyl sites for hydroxylation is 1. The Morgan fingerprint density at radius 1 is 1.65 bits per heavy atom. The monoisotopic (exact) mass is 304 g/mol. The predicted molar refractivity (Wildman–Crippen MR) is 65.5 cm³/mol. The van der Waals surface area contributed by atoms with E-state index in [2.05, 4.69) is 26.2 Å². The number of nitrogens with zero attached hydrogens (tertiary/aromatic N) is 1. The van der Waals surface area contributed by atoms with Gasteiger partial charge in [0.2, 0.25) is 0 Å². The SMILES string of the molecule is CC(C)(CCc1ncc(F)cc1Br)NC(=O)O. The highest BCUT2D eigenvalue weighted by molar-refractivity contribution is 9.10. The number of hydrogen-bond donors (Lipinski definition) is 2. The lowest BCUT2D eigenvalue weighted by Gasteiger charge is -2.24. The molecule has 0 aliphatic rings. The second kappa shape index (κ2) is 5.44. The Morgan fingerprint density at radius 3 is 2.82 bits per heavy atom. The zero-order valence-corrected chi connectivity index (χ0v) is 11.2. The van der Waals surface area contributed by atoms with Crippen molar-refractivity contribution in [3.63, 3.8) is 0 Å². The van der Waals surface area contributed by atoms with Crippen LogP contribution >= 0.6 is 15.9 Å². The van der Waals surface area contributed by atoms with E-state index in [0.29, 0.717) is 23.0 Å². The van der Waals surface area contributed by atoms with Crippen LogP contribution < -0.4 is 5.32 Å². The highest BCUT2D eigenvalue weighted by Gasteiger charge is 2.20. The molecule has 1 aromatic heterocycles. The van der Waals surface area contributed by atoms with Gasteiger partial charge in [-0.15, -0.1) is 0 Å². The first kappa shape index (κ1) is 13.9. The predicted octanol–water partition coefficient (Wildman–Crippen LogP) is 2.96. The minimum Gasteiger partial charge on any atom is -0.465 e. The van der Waals surface area contributed by atoms with Gasteiger partial charge in [-0.1, -0.05) is 0 Å². The van der Waals surface area contributed by atoms with Crippen LogP contribution in [-0.2, 0) is 6.42 Å². The van der Waals surface area contributed by atoms with Crippen LogP contribution in [0.3, 0.4) is 0 Å². The van der Waals surface area contributed by atoms with Gasteiger partial charge >= 0.3 is 6.09 Å². The van der Waals surface area contributed by atoms with E-state index in [4.69, 9.17) is 5.11 Å². The highest BCUT2D eigenvalue weighted by Crippen LogP contribution is 2.20. The van der Waals surface area contributed by atoms with Gasteiger partial charge < -0.3 is 10.4 Å². The Balaban J connectivity index is 2.64. The Labute approximate surface area is 107 Å². The quantitative estimate of drug-likeness (QED) is 0.899. The Morgan fingerprint density at radius 2 is 2.29 bits per heavy atom. The number of halogens is 2. The molecule has 0 aromatic carbocycles. The van der Waals surface area contributed by atoms with Gasteiger partial charge in [0.1, 0.15) is 5.82 Å². The molecule has 6 heteroatoms. The number of carbonyl (C=O) groups is 1. The second-order valence-corrected chi connectivity index (χ2v) is 5.25. The first-order chi connectivity index (χ1) is 7.80. The highest BCUT2D eigenvalue weighted by atomic mass is 79.9. The normalized spacial score (nSPS) is 11.3. The van der Waals surface area contributed by atoms with Crippen LogP contribution in [0.1, 0.15) is 26.0 Å². The van der Waals surface area contributed by atoms with E-state index >= 15 is 0 Å². The number of nitrogens with one attached hydrogen (secondary N) is 1. The summed E-state index contributed by atoms with van der Waals surface area (Å²) >= 11 is 3.23. The van der Waals surface area contributed by atoms with E-state index in [9.17, 15) is 9.18 Å². The van der Waals surface area contributed by atoms with E-state index in [1.165, 1.54) is 6.07 Å². The Bertz CT molecular complexity index is 424. The molecule has 2 N–H and O–H groups in total. The van der Waals surface area contributed by atoms with Gasteiger partial charge in [0.25, 0.3) is 0 Å². The smallest absolute Gasteiger partial charge is 0.405 e. The van der Waals surface area contributed by atoms with Gasteiger partial charge in [0.05, 0.1) is 11.9 Å². The van der Waals surface area contributed by atoms with Crippen molar-refractivity contribution in [2.45, 2.75) is 32.2 Å². The van der Waals surface area contributed by atoms with E-state index < -0.39 is 17.4 Å². The largest absolute Gasteiger partial charge is 0.465 e. The van der Waals surface area contributed by atoms with Crippen molar-refractivity contribution in [2.24, 2.45) is 0 Å². The maximum absolute atomic E-state index is 12.8. The molecular formula is C11H14BrFN2O2. The lowest BCUT2D eigenvalue weighted by molar-refractivity contribution is 0.180. The van der Waals surface area contributed by atoms with Crippen LogP contribution in [0.5, 0.6) is 0 Å². The molecule has 94 valence electrons. The molecule has 1 aromatic rings. The molecule has 0 spiro atoms. The van der Waals surface area contributed by atoms with Crippen molar-refractivity contribution in [1.29, 1.82) is 0 Å². The molecule has 0 bridgehead atoms. The number of hydrogen-bond acceptors (Lipinski definition) is 2. The summed E-state index contributed by atoms with van der Waals surface area (Å²) in [7, 11) is 0. The Hall–Kier alpha value is -1.17. The molecule has 0 unspecified atom stereocenters. The van der Waals surface area contributed by atoms with Gasteiger partial charge in [-0.2, -0.15) is 0 Å². The maximum Gasteiger partial charge on any atom is 0.405 e. The third kappa shape index (κ3) is 4.68. The lowest BCUT2D eigenvalue weighted by atomic mass is 9.97. The summed E-state index contributed by atoms with van der Waals surface area (Å²) in [4.78, 5) is 14.5. The number of carboxylic acid groups (broad SMARTS) is 1. The summed E-state index contributed by atoms with van der Waals surface area (Å²) < 4.78 is 13.4. The van der Waals surface area contributed by atoms with Crippen LogP contribution in [0.2, 0.25) is 0 Å². The fourth-order valence-corrected chi connectivity index (χ4v) is 1.93. The Kier molecular flexibility index (Phi) is 4.45. The number of aromatic nitrogens is 1. The van der Waals surface area contributed by atoms with Crippen LogP contribution in [0, 0.1) is 5.82 Å².